The Morgan fingerprint density at radius 2 is 1.76 bits per heavy atom. The Hall–Kier alpha value is -2.65. The number of carbonyl (C=O) groups is 3. The van der Waals surface area contributed by atoms with Crippen LogP contribution in [-0.4, -0.2) is 59.2 Å². The van der Waals surface area contributed by atoms with Crippen molar-refractivity contribution in [2.24, 2.45) is 5.73 Å². The number of carboxylic acid groups (broad SMARTS) is 1. The third-order valence-corrected chi connectivity index (χ3v) is 4.47. The third kappa shape index (κ3) is 9.40. The fourth-order valence-electron chi connectivity index (χ4n) is 2.71. The number of nitrogens with one attached hydrogen (secondary N) is 3. The van der Waals surface area contributed by atoms with Gasteiger partial charge in [-0.1, -0.05) is 19.1 Å². The van der Waals surface area contributed by atoms with E-state index in [-0.39, 0.29) is 37.5 Å². The lowest BCUT2D eigenvalue weighted by molar-refractivity contribution is -0.141. The fourth-order valence-corrected chi connectivity index (χ4v) is 2.71. The molecule has 0 heterocycles. The highest BCUT2D eigenvalue weighted by atomic mass is 16.4. The molecule has 0 saturated carbocycles. The van der Waals surface area contributed by atoms with Crippen molar-refractivity contribution in [2.75, 3.05) is 19.6 Å². The Morgan fingerprint density at radius 1 is 1.14 bits per heavy atom. The van der Waals surface area contributed by atoms with Crippen LogP contribution >= 0.6 is 0 Å². The molecule has 29 heavy (non-hydrogen) atoms. The molecule has 1 aromatic rings. The number of hydrogen-bond acceptors (Lipinski definition) is 6. The number of amides is 2. The molecule has 0 saturated heterocycles. The molecular weight excluding hydrogens is 376 g/mol. The summed E-state index contributed by atoms with van der Waals surface area (Å²) in [5, 5.41) is 27.1. The molecule has 0 unspecified atom stereocenters. The normalized spacial score (nSPS) is 13.9. The smallest absolute Gasteiger partial charge is 0.326 e. The summed E-state index contributed by atoms with van der Waals surface area (Å²) in [6.07, 6.45) is 0.580. The van der Waals surface area contributed by atoms with Crippen LogP contribution < -0.4 is 21.7 Å². The molecule has 0 aliphatic heterocycles. The average Bonchev–Trinajstić information content (AvgIpc) is 2.67. The van der Waals surface area contributed by atoms with Gasteiger partial charge in [0.05, 0.1) is 5.54 Å². The van der Waals surface area contributed by atoms with E-state index in [2.05, 4.69) is 16.0 Å². The molecule has 0 fully saturated rings. The number of hydrogen-bond donors (Lipinski definition) is 6. The third-order valence-electron chi connectivity index (χ3n) is 4.47. The molecule has 9 heteroatoms. The molecule has 0 bridgehead atoms. The first-order chi connectivity index (χ1) is 13.7. The van der Waals surface area contributed by atoms with Crippen LogP contribution in [0.2, 0.25) is 0 Å². The number of carbonyl (C=O) groups excluding carboxylic acids is 2. The van der Waals surface area contributed by atoms with Gasteiger partial charge in [-0.25, -0.2) is 4.79 Å². The van der Waals surface area contributed by atoms with Crippen molar-refractivity contribution < 1.29 is 24.6 Å². The Kier molecular flexibility index (Phi) is 10.1. The van der Waals surface area contributed by atoms with Gasteiger partial charge in [0.1, 0.15) is 11.8 Å². The van der Waals surface area contributed by atoms with Gasteiger partial charge in [0, 0.05) is 32.4 Å². The van der Waals surface area contributed by atoms with E-state index >= 15 is 0 Å². The number of benzene rings is 1. The van der Waals surface area contributed by atoms with Crippen LogP contribution in [0.1, 0.15) is 38.7 Å². The van der Waals surface area contributed by atoms with Gasteiger partial charge in [-0.3, -0.25) is 9.59 Å². The maximum absolute atomic E-state index is 12.1. The summed E-state index contributed by atoms with van der Waals surface area (Å²) in [5.41, 5.74) is 5.86. The minimum atomic E-state index is -1.15. The average molecular weight is 408 g/mol. The van der Waals surface area contributed by atoms with Crippen LogP contribution in [0, 0.1) is 0 Å². The van der Waals surface area contributed by atoms with Crippen LogP contribution in [0.25, 0.3) is 0 Å². The van der Waals surface area contributed by atoms with Gasteiger partial charge >= 0.3 is 5.97 Å². The summed E-state index contributed by atoms with van der Waals surface area (Å²) in [7, 11) is 0. The van der Waals surface area contributed by atoms with Crippen LogP contribution in [0.4, 0.5) is 0 Å². The summed E-state index contributed by atoms with van der Waals surface area (Å²) < 4.78 is 0. The highest BCUT2D eigenvalue weighted by molar-refractivity contribution is 5.84. The van der Waals surface area contributed by atoms with Crippen LogP contribution in [0.15, 0.2) is 24.3 Å². The molecule has 2 atom stereocenters. The van der Waals surface area contributed by atoms with Gasteiger partial charge in [0.25, 0.3) is 0 Å². The van der Waals surface area contributed by atoms with Gasteiger partial charge in [0.2, 0.25) is 11.8 Å². The van der Waals surface area contributed by atoms with Crippen LogP contribution in [0.5, 0.6) is 5.75 Å². The molecule has 2 amide bonds. The fraction of sp³-hybridized carbons (Fsp3) is 0.550. The molecule has 0 aromatic heterocycles. The summed E-state index contributed by atoms with van der Waals surface area (Å²) in [6.45, 7) is 5.40. The zero-order chi connectivity index (χ0) is 21.9. The molecule has 1 aromatic carbocycles. The Labute approximate surface area is 171 Å². The van der Waals surface area contributed by atoms with Gasteiger partial charge in [0.15, 0.2) is 0 Å². The summed E-state index contributed by atoms with van der Waals surface area (Å²) >= 11 is 0. The predicted molar refractivity (Wildman–Crippen MR) is 109 cm³/mol. The highest BCUT2D eigenvalue weighted by Crippen LogP contribution is 2.12. The van der Waals surface area contributed by atoms with Gasteiger partial charge in [-0.2, -0.15) is 0 Å². The summed E-state index contributed by atoms with van der Waals surface area (Å²) in [4.78, 5) is 35.6. The van der Waals surface area contributed by atoms with E-state index in [9.17, 15) is 24.6 Å². The summed E-state index contributed by atoms with van der Waals surface area (Å²) in [5.74, 6) is -1.70. The number of rotatable bonds is 13. The zero-order valence-electron chi connectivity index (χ0n) is 17.0. The van der Waals surface area contributed by atoms with Crippen molar-refractivity contribution in [3.63, 3.8) is 0 Å². The minimum Gasteiger partial charge on any atom is -0.508 e. The van der Waals surface area contributed by atoms with Crippen molar-refractivity contribution in [3.8, 4) is 5.75 Å². The maximum atomic E-state index is 12.1. The van der Waals surface area contributed by atoms with Gasteiger partial charge in [-0.05, 0) is 37.6 Å². The second-order valence-corrected chi connectivity index (χ2v) is 7.28. The molecule has 0 spiro atoms. The van der Waals surface area contributed by atoms with Crippen molar-refractivity contribution >= 4 is 17.8 Å². The SMILES string of the molecule is CCNC[C@](C)(CN)NC(=O)CCCC(=O)N[C@@H](Cc1ccc(O)cc1)C(=O)O. The van der Waals surface area contributed by atoms with Gasteiger partial charge in [-0.15, -0.1) is 0 Å². The molecule has 0 aliphatic rings. The lowest BCUT2D eigenvalue weighted by Gasteiger charge is -2.29. The quantitative estimate of drug-likeness (QED) is 0.271. The minimum absolute atomic E-state index is 0.0410. The first kappa shape index (κ1) is 24.4. The molecule has 162 valence electrons. The molecule has 1 rings (SSSR count). The molecule has 0 radical (unpaired) electrons. The lowest BCUT2D eigenvalue weighted by Crippen LogP contribution is -2.57. The van der Waals surface area contributed by atoms with Crippen molar-refractivity contribution in [2.45, 2.75) is 51.1 Å². The van der Waals surface area contributed by atoms with E-state index in [0.717, 1.165) is 6.54 Å². The van der Waals surface area contributed by atoms with E-state index < -0.39 is 23.5 Å². The molecule has 7 N–H and O–H groups in total. The van der Waals surface area contributed by atoms with Gasteiger partial charge < -0.3 is 31.9 Å². The topological polar surface area (TPSA) is 154 Å². The molecular formula is C20H32N4O5. The second kappa shape index (κ2) is 12.0. The summed E-state index contributed by atoms with van der Waals surface area (Å²) in [6, 6.07) is 5.04. The number of aliphatic carboxylic acids is 1. The van der Waals surface area contributed by atoms with E-state index in [1.165, 1.54) is 12.1 Å². The standard InChI is InChI=1S/C20H32N4O5/c1-3-22-13-20(2,12-21)24-18(27)6-4-5-17(26)23-16(19(28)29)11-14-7-9-15(25)10-8-14/h7-10,16,22,25H,3-6,11-13,21H2,1-2H3,(H,23,26)(H,24,27)(H,28,29)/t16-,20-/m0/s1. The van der Waals surface area contributed by atoms with Crippen molar-refractivity contribution in [3.05, 3.63) is 29.8 Å². The Bertz CT molecular complexity index is 680. The number of likely N-dealkylation sites (N-methyl/N-ethyl adjacent to an activating group) is 1. The second-order valence-electron chi connectivity index (χ2n) is 7.28. The lowest BCUT2D eigenvalue weighted by atomic mass is 10.0. The molecule has 0 aliphatic carbocycles. The molecule has 9 nitrogen and oxygen atoms in total. The van der Waals surface area contributed by atoms with E-state index in [1.54, 1.807) is 12.1 Å². The van der Waals surface area contributed by atoms with Crippen molar-refractivity contribution in [1.82, 2.24) is 16.0 Å². The maximum Gasteiger partial charge on any atom is 0.326 e. The van der Waals surface area contributed by atoms with Crippen LogP contribution in [-0.2, 0) is 20.8 Å². The van der Waals surface area contributed by atoms with E-state index in [0.29, 0.717) is 18.5 Å². The van der Waals surface area contributed by atoms with E-state index in [1.807, 2.05) is 13.8 Å². The van der Waals surface area contributed by atoms with E-state index in [4.69, 9.17) is 5.73 Å². The Morgan fingerprint density at radius 3 is 2.31 bits per heavy atom. The highest BCUT2D eigenvalue weighted by Gasteiger charge is 2.24. The predicted octanol–water partition coefficient (Wildman–Crippen LogP) is 0.118. The van der Waals surface area contributed by atoms with Crippen molar-refractivity contribution in [1.29, 1.82) is 0 Å². The first-order valence-electron chi connectivity index (χ1n) is 9.71. The largest absolute Gasteiger partial charge is 0.508 e. The zero-order valence-corrected chi connectivity index (χ0v) is 17.0. The number of aromatic hydroxyl groups is 1. The first-order valence-corrected chi connectivity index (χ1v) is 9.71. The monoisotopic (exact) mass is 408 g/mol. The number of carboxylic acids is 1. The Balaban J connectivity index is 2.44. The van der Waals surface area contributed by atoms with Crippen LogP contribution in [0.3, 0.4) is 0 Å². The number of nitrogens with two attached hydrogens (primary N) is 1. The number of phenols is 1. The number of phenolic OH excluding ortho intramolecular Hbond substituents is 1.